The number of carbonyl (C=O) groups excluding carboxylic acids is 1. The minimum absolute atomic E-state index is 0.122. The first-order chi connectivity index (χ1) is 9.35. The summed E-state index contributed by atoms with van der Waals surface area (Å²) in [7, 11) is -2.96. The van der Waals surface area contributed by atoms with Gasteiger partial charge in [0.2, 0.25) is 0 Å². The number of hydrogen-bond donors (Lipinski definition) is 0. The highest BCUT2D eigenvalue weighted by atomic mass is 32.2. The largest absolute Gasteiger partial charge is 0.339 e. The summed E-state index contributed by atoms with van der Waals surface area (Å²) >= 11 is 0. The maximum Gasteiger partial charge on any atom is 0.253 e. The normalized spacial score (nSPS) is 17.2. The molecule has 4 nitrogen and oxygen atoms in total. The number of amides is 1. The van der Waals surface area contributed by atoms with Gasteiger partial charge in [-0.2, -0.15) is 0 Å². The van der Waals surface area contributed by atoms with E-state index >= 15 is 0 Å². The quantitative estimate of drug-likeness (QED) is 0.854. The van der Waals surface area contributed by atoms with Crippen LogP contribution in [0.3, 0.4) is 0 Å². The molecule has 110 valence electrons. The van der Waals surface area contributed by atoms with Crippen molar-refractivity contribution in [3.05, 3.63) is 35.6 Å². The van der Waals surface area contributed by atoms with Crippen LogP contribution in [0.2, 0.25) is 0 Å². The first-order valence-electron chi connectivity index (χ1n) is 6.58. The molecule has 0 N–H and O–H groups in total. The van der Waals surface area contributed by atoms with E-state index in [0.717, 1.165) is 0 Å². The van der Waals surface area contributed by atoms with Crippen molar-refractivity contribution in [2.24, 2.45) is 5.92 Å². The third-order valence-corrected chi connectivity index (χ3v) is 4.61. The first-order valence-corrected chi connectivity index (χ1v) is 8.64. The van der Waals surface area contributed by atoms with E-state index < -0.39 is 9.84 Å². The van der Waals surface area contributed by atoms with Crippen LogP contribution in [-0.4, -0.2) is 44.3 Å². The first kappa shape index (κ1) is 15.0. The van der Waals surface area contributed by atoms with Crippen molar-refractivity contribution in [2.75, 3.05) is 25.1 Å². The summed E-state index contributed by atoms with van der Waals surface area (Å²) in [6.07, 6.45) is 2.63. The van der Waals surface area contributed by atoms with Crippen LogP contribution in [0, 0.1) is 11.7 Å². The third kappa shape index (κ3) is 4.03. The minimum atomic E-state index is -2.96. The second kappa shape index (κ2) is 5.91. The Morgan fingerprint density at radius 3 is 2.30 bits per heavy atom. The van der Waals surface area contributed by atoms with E-state index in [1.54, 1.807) is 4.90 Å². The van der Waals surface area contributed by atoms with Crippen LogP contribution in [0.5, 0.6) is 0 Å². The van der Waals surface area contributed by atoms with Gasteiger partial charge in [0.1, 0.15) is 15.7 Å². The number of rotatable bonds is 3. The van der Waals surface area contributed by atoms with Gasteiger partial charge in [0.25, 0.3) is 5.91 Å². The molecule has 1 aromatic rings. The maximum atomic E-state index is 12.8. The molecule has 1 aromatic carbocycles. The van der Waals surface area contributed by atoms with Gasteiger partial charge in [-0.05, 0) is 43.0 Å². The number of benzene rings is 1. The molecule has 0 bridgehead atoms. The monoisotopic (exact) mass is 299 g/mol. The smallest absolute Gasteiger partial charge is 0.253 e. The molecular weight excluding hydrogens is 281 g/mol. The fourth-order valence-corrected chi connectivity index (χ4v) is 3.70. The van der Waals surface area contributed by atoms with E-state index in [9.17, 15) is 17.6 Å². The fourth-order valence-electron chi connectivity index (χ4n) is 2.51. The molecule has 0 saturated carbocycles. The molecule has 0 unspecified atom stereocenters. The van der Waals surface area contributed by atoms with E-state index in [1.165, 1.54) is 30.5 Å². The second-order valence-electron chi connectivity index (χ2n) is 5.33. The lowest BCUT2D eigenvalue weighted by Gasteiger charge is -2.31. The number of nitrogens with zero attached hydrogens (tertiary/aromatic N) is 1. The van der Waals surface area contributed by atoms with Crippen molar-refractivity contribution >= 4 is 15.7 Å². The van der Waals surface area contributed by atoms with Gasteiger partial charge < -0.3 is 4.90 Å². The average Bonchev–Trinajstić information content (AvgIpc) is 2.38. The Labute approximate surface area is 118 Å². The van der Waals surface area contributed by atoms with Crippen molar-refractivity contribution in [3.63, 3.8) is 0 Å². The molecule has 20 heavy (non-hydrogen) atoms. The zero-order valence-corrected chi connectivity index (χ0v) is 12.2. The average molecular weight is 299 g/mol. The molecule has 1 fully saturated rings. The highest BCUT2D eigenvalue weighted by molar-refractivity contribution is 7.90. The summed E-state index contributed by atoms with van der Waals surface area (Å²) in [6.45, 7) is 1.10. The maximum absolute atomic E-state index is 12.8. The number of sulfone groups is 1. The fraction of sp³-hybridized carbons (Fsp3) is 0.500. The molecule has 1 aliphatic rings. The van der Waals surface area contributed by atoms with Crippen molar-refractivity contribution in [1.29, 1.82) is 0 Å². The van der Waals surface area contributed by atoms with Crippen LogP contribution in [0.25, 0.3) is 0 Å². The van der Waals surface area contributed by atoms with Gasteiger partial charge in [-0.3, -0.25) is 4.79 Å². The number of piperidine rings is 1. The summed E-state index contributed by atoms with van der Waals surface area (Å²) in [5.41, 5.74) is 0.466. The van der Waals surface area contributed by atoms with E-state index in [1.807, 2.05) is 0 Å². The number of likely N-dealkylation sites (tertiary alicyclic amines) is 1. The summed E-state index contributed by atoms with van der Waals surface area (Å²) in [5.74, 6) is -0.176. The Hall–Kier alpha value is -1.43. The summed E-state index contributed by atoms with van der Waals surface area (Å²) in [6, 6.07) is 5.48. The Morgan fingerprint density at radius 1 is 1.25 bits per heavy atom. The van der Waals surface area contributed by atoms with Crippen LogP contribution in [0.15, 0.2) is 24.3 Å². The van der Waals surface area contributed by atoms with Gasteiger partial charge in [0.05, 0.1) is 5.75 Å². The van der Waals surface area contributed by atoms with Crippen molar-refractivity contribution in [1.82, 2.24) is 4.90 Å². The molecular formula is C14H18FNO3S. The SMILES string of the molecule is CS(=O)(=O)CC1CCN(C(=O)c2ccc(F)cc2)CC1. The molecule has 6 heteroatoms. The minimum Gasteiger partial charge on any atom is -0.339 e. The van der Waals surface area contributed by atoms with Gasteiger partial charge >= 0.3 is 0 Å². The zero-order chi connectivity index (χ0) is 14.8. The lowest BCUT2D eigenvalue weighted by Crippen LogP contribution is -2.39. The Bertz CT molecular complexity index is 575. The van der Waals surface area contributed by atoms with Gasteiger partial charge in [-0.25, -0.2) is 12.8 Å². The molecule has 0 aromatic heterocycles. The zero-order valence-electron chi connectivity index (χ0n) is 11.4. The number of halogens is 1. The Balaban J connectivity index is 1.93. The molecule has 0 aliphatic carbocycles. The highest BCUT2D eigenvalue weighted by Gasteiger charge is 2.25. The molecule has 1 aliphatic heterocycles. The van der Waals surface area contributed by atoms with Gasteiger partial charge in [-0.1, -0.05) is 0 Å². The summed E-state index contributed by atoms with van der Waals surface area (Å²) < 4.78 is 35.3. The van der Waals surface area contributed by atoms with E-state index in [2.05, 4.69) is 0 Å². The van der Waals surface area contributed by atoms with Crippen molar-refractivity contribution in [3.8, 4) is 0 Å². The second-order valence-corrected chi connectivity index (χ2v) is 7.52. The standard InChI is InChI=1S/C14H18FNO3S/c1-20(18,19)10-11-6-8-16(9-7-11)14(17)12-2-4-13(15)5-3-12/h2-5,11H,6-10H2,1H3. The predicted octanol–water partition coefficient (Wildman–Crippen LogP) is 1.72. The van der Waals surface area contributed by atoms with Crippen LogP contribution >= 0.6 is 0 Å². The lowest BCUT2D eigenvalue weighted by molar-refractivity contribution is 0.0698. The third-order valence-electron chi connectivity index (χ3n) is 3.53. The van der Waals surface area contributed by atoms with Crippen LogP contribution in [0.4, 0.5) is 4.39 Å². The van der Waals surface area contributed by atoms with Crippen LogP contribution in [-0.2, 0) is 9.84 Å². The highest BCUT2D eigenvalue weighted by Crippen LogP contribution is 2.20. The summed E-state index contributed by atoms with van der Waals surface area (Å²) in [4.78, 5) is 13.9. The van der Waals surface area contributed by atoms with Gasteiger partial charge in [0.15, 0.2) is 0 Å². The molecule has 0 spiro atoms. The molecule has 0 atom stereocenters. The predicted molar refractivity (Wildman–Crippen MR) is 74.7 cm³/mol. The molecule has 0 radical (unpaired) electrons. The lowest BCUT2D eigenvalue weighted by atomic mass is 9.98. The van der Waals surface area contributed by atoms with Crippen molar-refractivity contribution < 1.29 is 17.6 Å². The molecule has 2 rings (SSSR count). The molecule has 1 saturated heterocycles. The van der Waals surface area contributed by atoms with Crippen LogP contribution < -0.4 is 0 Å². The topological polar surface area (TPSA) is 54.5 Å². The van der Waals surface area contributed by atoms with Crippen LogP contribution in [0.1, 0.15) is 23.2 Å². The molecule has 1 heterocycles. The van der Waals surface area contributed by atoms with Crippen molar-refractivity contribution in [2.45, 2.75) is 12.8 Å². The molecule has 1 amide bonds. The number of hydrogen-bond acceptors (Lipinski definition) is 3. The Morgan fingerprint density at radius 2 is 1.80 bits per heavy atom. The van der Waals surface area contributed by atoms with E-state index in [0.29, 0.717) is 31.5 Å². The Kier molecular flexibility index (Phi) is 4.42. The number of carbonyl (C=O) groups is 1. The van der Waals surface area contributed by atoms with E-state index in [-0.39, 0.29) is 23.4 Å². The van der Waals surface area contributed by atoms with Gasteiger partial charge in [0, 0.05) is 24.9 Å². The summed E-state index contributed by atoms with van der Waals surface area (Å²) in [5, 5.41) is 0. The van der Waals surface area contributed by atoms with E-state index in [4.69, 9.17) is 0 Å². The van der Waals surface area contributed by atoms with Gasteiger partial charge in [-0.15, -0.1) is 0 Å².